The molecule has 0 radical (unpaired) electrons. The predicted octanol–water partition coefficient (Wildman–Crippen LogP) is 3.35. The summed E-state index contributed by atoms with van der Waals surface area (Å²) in [7, 11) is 0. The highest BCUT2D eigenvalue weighted by Crippen LogP contribution is 2.41. The molecule has 88 valence electrons. The van der Waals surface area contributed by atoms with E-state index in [1.807, 2.05) is 11.8 Å². The van der Waals surface area contributed by atoms with Gasteiger partial charge in [0, 0.05) is 5.25 Å². The first-order valence-electron chi connectivity index (χ1n) is 6.10. The lowest BCUT2D eigenvalue weighted by Crippen LogP contribution is -2.38. The number of hydrogen-bond donors (Lipinski definition) is 1. The van der Waals surface area contributed by atoms with Crippen LogP contribution in [0.1, 0.15) is 37.8 Å². The molecule has 0 bridgehead atoms. The Morgan fingerprint density at radius 3 is 3.00 bits per heavy atom. The van der Waals surface area contributed by atoms with E-state index in [1.54, 1.807) is 0 Å². The molecule has 1 aromatic rings. The van der Waals surface area contributed by atoms with Crippen molar-refractivity contribution in [2.24, 2.45) is 0 Å². The molecule has 16 heavy (non-hydrogen) atoms. The lowest BCUT2D eigenvalue weighted by Gasteiger charge is -2.38. The predicted molar refractivity (Wildman–Crippen MR) is 70.9 cm³/mol. The fourth-order valence-electron chi connectivity index (χ4n) is 2.38. The Morgan fingerprint density at radius 1 is 1.50 bits per heavy atom. The van der Waals surface area contributed by atoms with Gasteiger partial charge in [-0.15, -0.1) is 0 Å². The van der Waals surface area contributed by atoms with Crippen LogP contribution >= 0.6 is 11.8 Å². The molecule has 0 aromatic heterocycles. The Morgan fingerprint density at radius 2 is 2.31 bits per heavy atom. The molecule has 0 spiro atoms. The highest BCUT2D eigenvalue weighted by atomic mass is 32.2. The van der Waals surface area contributed by atoms with Crippen LogP contribution in [0.5, 0.6) is 0 Å². The molecule has 0 amide bonds. The molecule has 0 aliphatic carbocycles. The normalized spacial score (nSPS) is 30.3. The van der Waals surface area contributed by atoms with Crippen molar-refractivity contribution >= 4 is 11.8 Å². The van der Waals surface area contributed by atoms with Crippen LogP contribution < -0.4 is 0 Å². The van der Waals surface area contributed by atoms with Gasteiger partial charge in [0.1, 0.15) is 5.60 Å². The molecule has 2 rings (SSSR count). The summed E-state index contributed by atoms with van der Waals surface area (Å²) in [4.78, 5) is 0. The second kappa shape index (κ2) is 4.80. The van der Waals surface area contributed by atoms with E-state index in [0.717, 1.165) is 24.8 Å². The van der Waals surface area contributed by atoms with Gasteiger partial charge in [-0.1, -0.05) is 38.1 Å². The van der Waals surface area contributed by atoms with E-state index >= 15 is 0 Å². The lowest BCUT2D eigenvalue weighted by molar-refractivity contribution is 0.0254. The molecule has 1 saturated heterocycles. The van der Waals surface area contributed by atoms with Gasteiger partial charge >= 0.3 is 0 Å². The zero-order valence-electron chi connectivity index (χ0n) is 10.1. The molecule has 0 saturated carbocycles. The van der Waals surface area contributed by atoms with E-state index in [0.29, 0.717) is 5.25 Å². The van der Waals surface area contributed by atoms with Crippen molar-refractivity contribution < 1.29 is 5.11 Å². The summed E-state index contributed by atoms with van der Waals surface area (Å²) in [5, 5.41) is 11.1. The van der Waals surface area contributed by atoms with E-state index in [2.05, 4.69) is 38.1 Å². The Balaban J connectivity index is 2.33. The van der Waals surface area contributed by atoms with E-state index in [1.165, 1.54) is 11.3 Å². The highest BCUT2D eigenvalue weighted by Gasteiger charge is 2.38. The average molecular weight is 236 g/mol. The number of rotatable bonds is 2. The van der Waals surface area contributed by atoms with E-state index in [4.69, 9.17) is 0 Å². The molecule has 1 aliphatic rings. The third-order valence-electron chi connectivity index (χ3n) is 3.58. The quantitative estimate of drug-likeness (QED) is 0.849. The van der Waals surface area contributed by atoms with Gasteiger partial charge in [0.05, 0.1) is 0 Å². The number of thioether (sulfide) groups is 1. The molecular formula is C14H20OS. The molecule has 1 aromatic carbocycles. The van der Waals surface area contributed by atoms with Crippen molar-refractivity contribution in [3.05, 3.63) is 35.4 Å². The van der Waals surface area contributed by atoms with Crippen LogP contribution in [0.15, 0.2) is 24.3 Å². The Hall–Kier alpha value is -0.470. The van der Waals surface area contributed by atoms with Crippen LogP contribution in [0.4, 0.5) is 0 Å². The molecule has 1 aliphatic heterocycles. The fraction of sp³-hybridized carbons (Fsp3) is 0.571. The van der Waals surface area contributed by atoms with E-state index < -0.39 is 5.60 Å². The van der Waals surface area contributed by atoms with Gasteiger partial charge in [0.15, 0.2) is 0 Å². The van der Waals surface area contributed by atoms with Crippen LogP contribution in [-0.2, 0) is 12.0 Å². The minimum atomic E-state index is -0.617. The monoisotopic (exact) mass is 236 g/mol. The van der Waals surface area contributed by atoms with Crippen LogP contribution in [0.3, 0.4) is 0 Å². The summed E-state index contributed by atoms with van der Waals surface area (Å²) in [5.74, 6) is 1.18. The van der Waals surface area contributed by atoms with Crippen molar-refractivity contribution in [2.45, 2.75) is 44.0 Å². The van der Waals surface area contributed by atoms with Gasteiger partial charge in [-0.2, -0.15) is 11.8 Å². The number of aryl methyl sites for hydroxylation is 1. The summed E-state index contributed by atoms with van der Waals surface area (Å²) in [6.07, 6.45) is 3.04. The van der Waals surface area contributed by atoms with E-state index in [9.17, 15) is 5.11 Å². The van der Waals surface area contributed by atoms with Crippen LogP contribution in [0.2, 0.25) is 0 Å². The van der Waals surface area contributed by atoms with Crippen LogP contribution in [0.25, 0.3) is 0 Å². The Labute approximate surface area is 102 Å². The topological polar surface area (TPSA) is 20.2 Å². The minimum Gasteiger partial charge on any atom is -0.384 e. The van der Waals surface area contributed by atoms with Gasteiger partial charge < -0.3 is 5.11 Å². The van der Waals surface area contributed by atoms with Crippen LogP contribution in [-0.4, -0.2) is 16.1 Å². The zero-order valence-corrected chi connectivity index (χ0v) is 10.9. The van der Waals surface area contributed by atoms with Crippen molar-refractivity contribution in [3.8, 4) is 0 Å². The molecule has 2 heteroatoms. The maximum atomic E-state index is 10.8. The summed E-state index contributed by atoms with van der Waals surface area (Å²) in [6, 6.07) is 8.44. The van der Waals surface area contributed by atoms with E-state index in [-0.39, 0.29) is 0 Å². The number of hydrogen-bond acceptors (Lipinski definition) is 2. The van der Waals surface area contributed by atoms with Gasteiger partial charge in [-0.25, -0.2) is 0 Å². The van der Waals surface area contributed by atoms with Crippen molar-refractivity contribution in [1.82, 2.24) is 0 Å². The summed E-state index contributed by atoms with van der Waals surface area (Å²) in [5.41, 5.74) is 1.80. The number of aliphatic hydroxyl groups is 1. The second-order valence-electron chi connectivity index (χ2n) is 4.59. The molecule has 1 N–H and O–H groups in total. The molecular weight excluding hydrogens is 216 g/mol. The van der Waals surface area contributed by atoms with Crippen molar-refractivity contribution in [3.63, 3.8) is 0 Å². The maximum Gasteiger partial charge on any atom is 0.101 e. The largest absolute Gasteiger partial charge is 0.384 e. The molecule has 2 unspecified atom stereocenters. The third-order valence-corrected chi connectivity index (χ3v) is 4.99. The highest BCUT2D eigenvalue weighted by molar-refractivity contribution is 8.00. The molecule has 2 atom stereocenters. The second-order valence-corrected chi connectivity index (χ2v) is 6.04. The molecule has 1 fully saturated rings. The average Bonchev–Trinajstić information content (AvgIpc) is 2.33. The van der Waals surface area contributed by atoms with Crippen LogP contribution in [0, 0.1) is 0 Å². The minimum absolute atomic E-state index is 0.299. The Bertz CT molecular complexity index is 364. The first-order chi connectivity index (χ1) is 7.66. The summed E-state index contributed by atoms with van der Waals surface area (Å²) in [6.45, 7) is 4.30. The van der Waals surface area contributed by atoms with Gasteiger partial charge in [-0.3, -0.25) is 0 Å². The van der Waals surface area contributed by atoms with Crippen molar-refractivity contribution in [2.75, 3.05) is 5.75 Å². The molecule has 1 heterocycles. The lowest BCUT2D eigenvalue weighted by atomic mass is 9.85. The third kappa shape index (κ3) is 2.14. The standard InChI is InChI=1S/C14H20OS/c1-3-12-6-4-7-13(10-12)14(15)8-5-9-16-11(14)2/h4,6-7,10-11,15H,3,5,8-9H2,1-2H3. The summed E-state index contributed by atoms with van der Waals surface area (Å²) < 4.78 is 0. The van der Waals surface area contributed by atoms with Gasteiger partial charge in [0.2, 0.25) is 0 Å². The maximum absolute atomic E-state index is 10.8. The molecule has 1 nitrogen and oxygen atoms in total. The van der Waals surface area contributed by atoms with Gasteiger partial charge in [0.25, 0.3) is 0 Å². The van der Waals surface area contributed by atoms with Crippen molar-refractivity contribution in [1.29, 1.82) is 0 Å². The fourth-order valence-corrected chi connectivity index (χ4v) is 3.58. The first kappa shape index (κ1) is 12.0. The van der Waals surface area contributed by atoms with Gasteiger partial charge in [-0.05, 0) is 36.1 Å². The zero-order chi connectivity index (χ0) is 11.6. The SMILES string of the molecule is CCc1cccc(C2(O)CCCSC2C)c1. The summed E-state index contributed by atoms with van der Waals surface area (Å²) >= 11 is 1.88. The number of benzene rings is 1. The first-order valence-corrected chi connectivity index (χ1v) is 7.15. The Kier molecular flexibility index (Phi) is 3.60. The smallest absolute Gasteiger partial charge is 0.101 e.